The van der Waals surface area contributed by atoms with Gasteiger partial charge in [0.2, 0.25) is 15.9 Å². The zero-order valence-corrected chi connectivity index (χ0v) is 23.8. The number of amides is 1. The lowest BCUT2D eigenvalue weighted by Gasteiger charge is -2.35. The van der Waals surface area contributed by atoms with Gasteiger partial charge in [-0.1, -0.05) is 12.1 Å². The molecule has 2 aliphatic rings. The van der Waals surface area contributed by atoms with Crippen molar-refractivity contribution in [1.29, 1.82) is 0 Å². The third-order valence-electron chi connectivity index (χ3n) is 8.00. The number of hydrogen-bond acceptors (Lipinski definition) is 6. The molecule has 1 aliphatic carbocycles. The van der Waals surface area contributed by atoms with E-state index < -0.39 is 22.2 Å². The van der Waals surface area contributed by atoms with Crippen LogP contribution in [0.25, 0.3) is 10.9 Å². The average Bonchev–Trinajstić information content (AvgIpc) is 2.96. The van der Waals surface area contributed by atoms with E-state index in [-0.39, 0.29) is 47.7 Å². The Labute approximate surface area is 241 Å². The highest BCUT2D eigenvalue weighted by molar-refractivity contribution is 7.89. The lowest BCUT2D eigenvalue weighted by atomic mass is 9.85. The minimum absolute atomic E-state index is 0.0665. The lowest BCUT2D eigenvalue weighted by molar-refractivity contribution is -0.155. The van der Waals surface area contributed by atoms with E-state index in [0.717, 1.165) is 5.56 Å². The normalized spacial score (nSPS) is 22.6. The number of halogens is 4. The van der Waals surface area contributed by atoms with Crippen molar-refractivity contribution < 1.29 is 30.8 Å². The van der Waals surface area contributed by atoms with Gasteiger partial charge in [-0.15, -0.1) is 0 Å². The fraction of sp³-hybridized carbons (Fsp3) is 0.448. The minimum Gasteiger partial charge on any atom is -0.353 e. The van der Waals surface area contributed by atoms with Crippen LogP contribution in [0, 0.1) is 11.7 Å². The molecule has 42 heavy (non-hydrogen) atoms. The van der Waals surface area contributed by atoms with Crippen molar-refractivity contribution in [2.45, 2.75) is 61.8 Å². The smallest absolute Gasteiger partial charge is 0.353 e. The Hall–Kier alpha value is -3.29. The fourth-order valence-electron chi connectivity index (χ4n) is 5.54. The van der Waals surface area contributed by atoms with Crippen LogP contribution in [0.5, 0.6) is 0 Å². The molecule has 1 amide bonds. The van der Waals surface area contributed by atoms with Crippen molar-refractivity contribution in [2.75, 3.05) is 24.5 Å². The Bertz CT molecular complexity index is 1530. The van der Waals surface area contributed by atoms with E-state index in [1.807, 2.05) is 6.92 Å². The van der Waals surface area contributed by atoms with E-state index in [4.69, 9.17) is 0 Å². The summed E-state index contributed by atoms with van der Waals surface area (Å²) < 4.78 is 81.8. The predicted molar refractivity (Wildman–Crippen MR) is 151 cm³/mol. The van der Waals surface area contributed by atoms with Crippen molar-refractivity contribution in [3.05, 3.63) is 66.0 Å². The van der Waals surface area contributed by atoms with Crippen LogP contribution in [0.2, 0.25) is 0 Å². The highest BCUT2D eigenvalue weighted by Crippen LogP contribution is 2.29. The van der Waals surface area contributed by atoms with Gasteiger partial charge in [0.25, 0.3) is 0 Å². The number of hydrogen-bond donors (Lipinski definition) is 3. The zero-order valence-electron chi connectivity index (χ0n) is 23.0. The molecule has 2 aromatic carbocycles. The highest BCUT2D eigenvalue weighted by atomic mass is 32.2. The molecule has 0 radical (unpaired) electrons. The summed E-state index contributed by atoms with van der Waals surface area (Å²) in [6.45, 7) is 2.13. The first-order valence-electron chi connectivity index (χ1n) is 13.9. The average molecular weight is 608 g/mol. The Morgan fingerprint density at radius 1 is 1.05 bits per heavy atom. The van der Waals surface area contributed by atoms with Crippen LogP contribution < -0.4 is 20.3 Å². The molecule has 3 aromatic rings. The largest absolute Gasteiger partial charge is 0.405 e. The van der Waals surface area contributed by atoms with Crippen molar-refractivity contribution in [3.63, 3.8) is 0 Å². The minimum atomic E-state index is -4.36. The number of aromatic nitrogens is 1. The van der Waals surface area contributed by atoms with E-state index in [9.17, 15) is 30.8 Å². The number of rotatable bonds is 7. The molecule has 1 aromatic heterocycles. The van der Waals surface area contributed by atoms with Crippen LogP contribution in [-0.4, -0.2) is 57.2 Å². The molecule has 1 saturated heterocycles. The molecule has 2 atom stereocenters. The van der Waals surface area contributed by atoms with Gasteiger partial charge in [0.15, 0.2) is 0 Å². The number of piperazine rings is 1. The maximum Gasteiger partial charge on any atom is 0.405 e. The maximum absolute atomic E-state index is 13.2. The lowest BCUT2D eigenvalue weighted by Crippen LogP contribution is -2.57. The highest BCUT2D eigenvalue weighted by Gasteiger charge is 2.42. The Morgan fingerprint density at radius 2 is 1.76 bits per heavy atom. The SMILES string of the molecule is C[C@@H](NC(=O)C1CCC(NS(=O)(=O)c2ccc3nc(N4CCNC(C(F)(F)F)C4)ccc3c2)CC1)c1ccc(F)cc1. The number of fused-ring (bicyclic) bond motifs is 1. The molecular formula is C29H33F4N5O3S. The summed E-state index contributed by atoms with van der Waals surface area (Å²) in [7, 11) is -3.85. The van der Waals surface area contributed by atoms with E-state index in [1.54, 1.807) is 35.2 Å². The topological polar surface area (TPSA) is 103 Å². The van der Waals surface area contributed by atoms with Crippen LogP contribution in [0.15, 0.2) is 59.5 Å². The quantitative estimate of drug-likeness (QED) is 0.344. The van der Waals surface area contributed by atoms with Gasteiger partial charge < -0.3 is 15.5 Å². The van der Waals surface area contributed by atoms with Gasteiger partial charge in [0, 0.05) is 37.0 Å². The molecule has 3 N–H and O–H groups in total. The monoisotopic (exact) mass is 607 g/mol. The van der Waals surface area contributed by atoms with Crippen LogP contribution in [0.3, 0.4) is 0 Å². The number of pyridine rings is 1. The van der Waals surface area contributed by atoms with E-state index in [0.29, 0.717) is 48.9 Å². The summed E-state index contributed by atoms with van der Waals surface area (Å²) in [6, 6.07) is 11.5. The second kappa shape index (κ2) is 12.1. The van der Waals surface area contributed by atoms with Gasteiger partial charge in [-0.25, -0.2) is 22.5 Å². The number of benzene rings is 2. The first-order valence-corrected chi connectivity index (χ1v) is 15.4. The molecule has 0 spiro atoms. The molecule has 5 rings (SSSR count). The summed E-state index contributed by atoms with van der Waals surface area (Å²) in [6.07, 6.45) is -2.29. The van der Waals surface area contributed by atoms with Gasteiger partial charge >= 0.3 is 6.18 Å². The van der Waals surface area contributed by atoms with Crippen LogP contribution >= 0.6 is 0 Å². The van der Waals surface area contributed by atoms with Gasteiger partial charge in [-0.2, -0.15) is 13.2 Å². The number of carbonyl (C=O) groups excluding carboxylic acids is 1. The molecule has 1 unspecified atom stereocenters. The summed E-state index contributed by atoms with van der Waals surface area (Å²) >= 11 is 0. The summed E-state index contributed by atoms with van der Waals surface area (Å²) in [5.74, 6) is -0.287. The maximum atomic E-state index is 13.2. The number of alkyl halides is 3. The van der Waals surface area contributed by atoms with Crippen molar-refractivity contribution in [2.24, 2.45) is 5.92 Å². The van der Waals surface area contributed by atoms with Gasteiger partial charge in [-0.3, -0.25) is 4.79 Å². The number of nitrogens with one attached hydrogen (secondary N) is 3. The van der Waals surface area contributed by atoms with Gasteiger partial charge in [-0.05, 0) is 80.6 Å². The van der Waals surface area contributed by atoms with Gasteiger partial charge in [0.1, 0.15) is 17.7 Å². The molecule has 2 fully saturated rings. The standard InChI is InChI=1S/C29H33F4N5O3S/c1-18(19-2-7-22(30)8-3-19)35-28(39)20-4-9-23(10-5-20)37-42(40,41)24-11-12-25-21(16-24)6-13-27(36-25)38-15-14-34-26(17-38)29(31,32)33/h2-3,6-8,11-13,16,18,20,23,26,34,37H,4-5,9-10,14-15,17H2,1H3,(H,35,39)/t18-,20?,23?,26?/m1/s1. The molecule has 226 valence electrons. The zero-order chi connectivity index (χ0) is 30.1. The van der Waals surface area contributed by atoms with E-state index in [2.05, 4.69) is 20.3 Å². The predicted octanol–water partition coefficient (Wildman–Crippen LogP) is 4.43. The first-order chi connectivity index (χ1) is 19.9. The molecule has 2 heterocycles. The van der Waals surface area contributed by atoms with Crippen LogP contribution in [0.1, 0.15) is 44.2 Å². The number of anilines is 1. The third kappa shape index (κ3) is 7.01. The molecule has 0 bridgehead atoms. The number of carbonyl (C=O) groups is 1. The van der Waals surface area contributed by atoms with Crippen molar-refractivity contribution >= 4 is 32.7 Å². The molecular weight excluding hydrogens is 574 g/mol. The second-order valence-corrected chi connectivity index (χ2v) is 12.7. The van der Waals surface area contributed by atoms with Gasteiger partial charge in [0.05, 0.1) is 16.5 Å². The Kier molecular flexibility index (Phi) is 8.72. The van der Waals surface area contributed by atoms with Crippen molar-refractivity contribution in [3.8, 4) is 0 Å². The molecule has 1 saturated carbocycles. The summed E-state index contributed by atoms with van der Waals surface area (Å²) in [4.78, 5) is 18.9. The number of nitrogens with zero attached hydrogens (tertiary/aromatic N) is 2. The van der Waals surface area contributed by atoms with E-state index >= 15 is 0 Å². The molecule has 1 aliphatic heterocycles. The fourth-order valence-corrected chi connectivity index (χ4v) is 6.88. The van der Waals surface area contributed by atoms with Crippen LogP contribution in [0.4, 0.5) is 23.4 Å². The van der Waals surface area contributed by atoms with Crippen LogP contribution in [-0.2, 0) is 14.8 Å². The molecule has 13 heteroatoms. The van der Waals surface area contributed by atoms with Crippen molar-refractivity contribution in [1.82, 2.24) is 20.3 Å². The molecule has 8 nitrogen and oxygen atoms in total. The second-order valence-electron chi connectivity index (χ2n) is 11.0. The third-order valence-corrected chi connectivity index (χ3v) is 9.52. The number of sulfonamides is 1. The Balaban J connectivity index is 1.17. The Morgan fingerprint density at radius 3 is 2.45 bits per heavy atom. The van der Waals surface area contributed by atoms with E-state index in [1.165, 1.54) is 24.3 Å². The summed E-state index contributed by atoms with van der Waals surface area (Å²) in [5, 5.41) is 6.00. The first kappa shape index (κ1) is 30.2. The summed E-state index contributed by atoms with van der Waals surface area (Å²) in [5.41, 5.74) is 1.28.